The first kappa shape index (κ1) is 19.6. The first-order chi connectivity index (χ1) is 14.5. The Balaban J connectivity index is 1.36. The Labute approximate surface area is 182 Å². The lowest BCUT2D eigenvalue weighted by atomic mass is 9.94. The van der Waals surface area contributed by atoms with Gasteiger partial charge in [-0.3, -0.25) is 0 Å². The highest BCUT2D eigenvalue weighted by Gasteiger charge is 2.24. The molecule has 1 fully saturated rings. The van der Waals surface area contributed by atoms with Crippen LogP contribution in [0.1, 0.15) is 41.5 Å². The minimum Gasteiger partial charge on any atom is -0.208 e. The SMILES string of the molecule is C=C(c1ccc(S(=O)(=O)NC2CCC2)cc1)c1ccc2c(c1)Cc1ccccc1S2. The van der Waals surface area contributed by atoms with Crippen molar-refractivity contribution in [2.45, 2.75) is 46.4 Å². The number of hydrogen-bond acceptors (Lipinski definition) is 3. The summed E-state index contributed by atoms with van der Waals surface area (Å²) >= 11 is 1.81. The van der Waals surface area contributed by atoms with Crippen molar-refractivity contribution in [2.24, 2.45) is 0 Å². The molecule has 0 bridgehead atoms. The summed E-state index contributed by atoms with van der Waals surface area (Å²) in [6, 6.07) is 22.1. The van der Waals surface area contributed by atoms with Gasteiger partial charge in [-0.05, 0) is 77.4 Å². The molecular formula is C25H23NO2S2. The van der Waals surface area contributed by atoms with Gasteiger partial charge < -0.3 is 0 Å². The van der Waals surface area contributed by atoms with Crippen LogP contribution < -0.4 is 4.72 Å². The molecule has 2 aliphatic rings. The van der Waals surface area contributed by atoms with Crippen molar-refractivity contribution in [3.05, 3.63) is 95.6 Å². The van der Waals surface area contributed by atoms with Gasteiger partial charge in [0.25, 0.3) is 0 Å². The summed E-state index contributed by atoms with van der Waals surface area (Å²) in [5, 5.41) is 0. The normalized spacial score (nSPS) is 15.7. The molecule has 0 unspecified atom stereocenters. The predicted molar refractivity (Wildman–Crippen MR) is 122 cm³/mol. The van der Waals surface area contributed by atoms with Crippen molar-refractivity contribution < 1.29 is 8.42 Å². The van der Waals surface area contributed by atoms with Crippen LogP contribution in [0, 0.1) is 0 Å². The van der Waals surface area contributed by atoms with Crippen LogP contribution in [0.5, 0.6) is 0 Å². The Morgan fingerprint density at radius 2 is 1.60 bits per heavy atom. The lowest BCUT2D eigenvalue weighted by Gasteiger charge is -2.26. The van der Waals surface area contributed by atoms with Crippen LogP contribution in [0.15, 0.2) is 88.0 Å². The average Bonchev–Trinajstić information content (AvgIpc) is 2.74. The zero-order valence-electron chi connectivity index (χ0n) is 16.6. The molecule has 152 valence electrons. The summed E-state index contributed by atoms with van der Waals surface area (Å²) in [4.78, 5) is 2.92. The fourth-order valence-electron chi connectivity index (χ4n) is 3.89. The largest absolute Gasteiger partial charge is 0.240 e. The molecule has 0 spiro atoms. The van der Waals surface area contributed by atoms with Crippen LogP contribution in [-0.2, 0) is 16.4 Å². The van der Waals surface area contributed by atoms with E-state index in [0.29, 0.717) is 4.90 Å². The topological polar surface area (TPSA) is 46.2 Å². The quantitative estimate of drug-likeness (QED) is 0.443. The fourth-order valence-corrected chi connectivity index (χ4v) is 6.25. The summed E-state index contributed by atoms with van der Waals surface area (Å²) in [5.74, 6) is 0. The van der Waals surface area contributed by atoms with Crippen molar-refractivity contribution in [2.75, 3.05) is 0 Å². The Morgan fingerprint density at radius 1 is 0.900 bits per heavy atom. The van der Waals surface area contributed by atoms with Gasteiger partial charge in [-0.15, -0.1) is 0 Å². The summed E-state index contributed by atoms with van der Waals surface area (Å²) in [5.41, 5.74) is 5.56. The molecule has 5 heteroatoms. The molecule has 1 aliphatic carbocycles. The summed E-state index contributed by atoms with van der Waals surface area (Å²) in [6.07, 6.45) is 3.87. The third kappa shape index (κ3) is 3.73. The van der Waals surface area contributed by atoms with Crippen molar-refractivity contribution in [1.29, 1.82) is 0 Å². The highest BCUT2D eigenvalue weighted by Crippen LogP contribution is 2.40. The van der Waals surface area contributed by atoms with Gasteiger partial charge in [0.15, 0.2) is 0 Å². The molecule has 30 heavy (non-hydrogen) atoms. The van der Waals surface area contributed by atoms with E-state index in [1.807, 2.05) is 23.9 Å². The van der Waals surface area contributed by atoms with E-state index in [1.165, 1.54) is 20.9 Å². The second-order valence-corrected chi connectivity index (χ2v) is 10.8. The third-order valence-electron chi connectivity index (χ3n) is 5.92. The van der Waals surface area contributed by atoms with E-state index >= 15 is 0 Å². The summed E-state index contributed by atoms with van der Waals surface area (Å²) < 4.78 is 27.8. The van der Waals surface area contributed by atoms with Crippen molar-refractivity contribution >= 4 is 27.4 Å². The van der Waals surface area contributed by atoms with E-state index in [1.54, 1.807) is 12.1 Å². The van der Waals surface area contributed by atoms with E-state index < -0.39 is 10.0 Å². The maximum atomic E-state index is 12.5. The van der Waals surface area contributed by atoms with Crippen molar-refractivity contribution in [1.82, 2.24) is 4.72 Å². The van der Waals surface area contributed by atoms with E-state index in [9.17, 15) is 8.42 Å². The molecule has 0 radical (unpaired) electrons. The van der Waals surface area contributed by atoms with Crippen LogP contribution in [0.2, 0.25) is 0 Å². The van der Waals surface area contributed by atoms with Crippen LogP contribution in [0.4, 0.5) is 0 Å². The molecule has 0 atom stereocenters. The molecule has 3 aromatic carbocycles. The number of sulfonamides is 1. The van der Waals surface area contributed by atoms with Gasteiger partial charge in [0.1, 0.15) is 0 Å². The lowest BCUT2D eigenvalue weighted by molar-refractivity contribution is 0.383. The number of fused-ring (bicyclic) bond motifs is 2. The zero-order valence-corrected chi connectivity index (χ0v) is 18.2. The van der Waals surface area contributed by atoms with Crippen molar-refractivity contribution in [3.63, 3.8) is 0 Å². The second kappa shape index (κ2) is 7.73. The molecule has 5 rings (SSSR count). The maximum absolute atomic E-state index is 12.5. The monoisotopic (exact) mass is 433 g/mol. The standard InChI is InChI=1S/C25H23NO2S2/c1-17(18-9-12-23(13-10-18)30(27,28)26-22-6-4-7-22)19-11-14-25-21(15-19)16-20-5-2-3-8-24(20)29-25/h2-3,5,8-15,22,26H,1,4,6-7,16H2. The number of benzene rings is 3. The number of nitrogens with one attached hydrogen (secondary N) is 1. The molecule has 1 aliphatic heterocycles. The summed E-state index contributed by atoms with van der Waals surface area (Å²) in [6.45, 7) is 4.28. The molecule has 1 N–H and O–H groups in total. The minimum atomic E-state index is -3.45. The molecule has 1 saturated carbocycles. The second-order valence-electron chi connectivity index (χ2n) is 7.96. The molecule has 1 heterocycles. The van der Waals surface area contributed by atoms with E-state index in [-0.39, 0.29) is 6.04 Å². The molecule has 0 amide bonds. The van der Waals surface area contributed by atoms with Gasteiger partial charge in [0, 0.05) is 15.8 Å². The predicted octanol–water partition coefficient (Wildman–Crippen LogP) is 5.63. The first-order valence-electron chi connectivity index (χ1n) is 10.2. The van der Waals surface area contributed by atoms with Gasteiger partial charge in [-0.2, -0.15) is 0 Å². The Bertz CT molecular complexity index is 1230. The zero-order chi connectivity index (χ0) is 20.7. The smallest absolute Gasteiger partial charge is 0.208 e. The first-order valence-corrected chi connectivity index (χ1v) is 12.5. The van der Waals surface area contributed by atoms with Crippen LogP contribution in [0.25, 0.3) is 5.57 Å². The average molecular weight is 434 g/mol. The van der Waals surface area contributed by atoms with Gasteiger partial charge in [0.05, 0.1) is 4.90 Å². The molecule has 3 aromatic rings. The molecule has 0 aromatic heterocycles. The van der Waals surface area contributed by atoms with Crippen LogP contribution >= 0.6 is 11.8 Å². The lowest BCUT2D eigenvalue weighted by Crippen LogP contribution is -2.39. The van der Waals surface area contributed by atoms with Crippen LogP contribution in [0.3, 0.4) is 0 Å². The van der Waals surface area contributed by atoms with E-state index in [2.05, 4.69) is 53.8 Å². The van der Waals surface area contributed by atoms with Gasteiger partial charge in [-0.25, -0.2) is 13.1 Å². The molecular weight excluding hydrogens is 410 g/mol. The van der Waals surface area contributed by atoms with Gasteiger partial charge in [-0.1, -0.05) is 61.2 Å². The van der Waals surface area contributed by atoms with Gasteiger partial charge in [0.2, 0.25) is 10.0 Å². The number of rotatable bonds is 5. The third-order valence-corrected chi connectivity index (χ3v) is 8.70. The molecule has 0 saturated heterocycles. The Morgan fingerprint density at radius 3 is 2.33 bits per heavy atom. The summed E-state index contributed by atoms with van der Waals surface area (Å²) in [7, 11) is -3.45. The Hall–Kier alpha value is -2.34. The van der Waals surface area contributed by atoms with Crippen molar-refractivity contribution in [3.8, 4) is 0 Å². The van der Waals surface area contributed by atoms with Gasteiger partial charge >= 0.3 is 0 Å². The molecule has 3 nitrogen and oxygen atoms in total. The number of hydrogen-bond donors (Lipinski definition) is 1. The highest BCUT2D eigenvalue weighted by atomic mass is 32.2. The van der Waals surface area contributed by atoms with Crippen LogP contribution in [-0.4, -0.2) is 14.5 Å². The fraction of sp³-hybridized carbons (Fsp3) is 0.200. The Kier molecular flexibility index (Phi) is 5.05. The minimum absolute atomic E-state index is 0.0862. The van der Waals surface area contributed by atoms with E-state index in [0.717, 1.165) is 42.4 Å². The maximum Gasteiger partial charge on any atom is 0.240 e. The van der Waals surface area contributed by atoms with E-state index in [4.69, 9.17) is 0 Å². The highest BCUT2D eigenvalue weighted by molar-refractivity contribution is 7.99.